The first-order valence-corrected chi connectivity index (χ1v) is 9.50. The summed E-state index contributed by atoms with van der Waals surface area (Å²) in [5.41, 5.74) is 0.905. The van der Waals surface area contributed by atoms with Crippen LogP contribution in [0.15, 0.2) is 18.3 Å². The maximum atomic E-state index is 13.1. The van der Waals surface area contributed by atoms with Gasteiger partial charge >= 0.3 is 0 Å². The number of hydrogen-bond donors (Lipinski definition) is 1. The van der Waals surface area contributed by atoms with Gasteiger partial charge in [-0.3, -0.25) is 14.7 Å². The van der Waals surface area contributed by atoms with Gasteiger partial charge in [0.2, 0.25) is 5.91 Å². The van der Waals surface area contributed by atoms with E-state index < -0.39 is 0 Å². The molecular weight excluding hydrogens is 364 g/mol. The number of piperazine rings is 1. The lowest BCUT2D eigenvalue weighted by molar-refractivity contribution is -0.139. The van der Waals surface area contributed by atoms with E-state index in [0.29, 0.717) is 36.6 Å². The number of hydrogen-bond acceptors (Lipinski definition) is 3. The van der Waals surface area contributed by atoms with Crippen molar-refractivity contribution in [2.75, 3.05) is 19.6 Å². The number of nitrogens with one attached hydrogen (secondary N) is 1. The zero-order valence-corrected chi connectivity index (χ0v) is 15.9. The fourth-order valence-electron chi connectivity index (χ4n) is 3.89. The Morgan fingerprint density at radius 3 is 2.85 bits per heavy atom. The van der Waals surface area contributed by atoms with Gasteiger partial charge in [0.1, 0.15) is 0 Å². The molecule has 1 aromatic heterocycles. The molecule has 1 saturated carbocycles. The number of nitrogens with zero attached hydrogens (tertiary/aromatic N) is 3. The first kappa shape index (κ1) is 17.9. The van der Waals surface area contributed by atoms with Crippen molar-refractivity contribution in [3.8, 4) is 12.3 Å². The first-order chi connectivity index (χ1) is 13.0. The Bertz CT molecular complexity index is 957. The number of aromatic amines is 1. The molecule has 1 saturated heterocycles. The van der Waals surface area contributed by atoms with Crippen molar-refractivity contribution in [2.24, 2.45) is 5.41 Å². The third-order valence-electron chi connectivity index (χ3n) is 5.71. The van der Waals surface area contributed by atoms with Crippen molar-refractivity contribution in [1.29, 1.82) is 0 Å². The molecule has 4 rings (SSSR count). The molecule has 2 aromatic rings. The zero-order valence-electron chi connectivity index (χ0n) is 15.2. The molecule has 1 N–H and O–H groups in total. The Hall–Kier alpha value is -2.52. The van der Waals surface area contributed by atoms with Crippen LogP contribution in [0, 0.1) is 17.8 Å². The summed E-state index contributed by atoms with van der Waals surface area (Å²) < 4.78 is 0. The zero-order chi connectivity index (χ0) is 19.2. The van der Waals surface area contributed by atoms with Crippen molar-refractivity contribution >= 4 is 34.3 Å². The van der Waals surface area contributed by atoms with Crippen LogP contribution in [0.1, 0.15) is 36.5 Å². The highest BCUT2D eigenvalue weighted by Crippen LogP contribution is 2.50. The Morgan fingerprint density at radius 2 is 2.19 bits per heavy atom. The Kier molecular flexibility index (Phi) is 4.35. The molecule has 0 unspecified atom stereocenters. The minimum absolute atomic E-state index is 0.0899. The minimum atomic E-state index is -0.351. The minimum Gasteiger partial charge on any atom is -0.338 e. The number of fused-ring (bicyclic) bond motifs is 1. The normalized spacial score (nSPS) is 21.1. The number of amides is 2. The molecular formula is C20H21ClN4O2. The summed E-state index contributed by atoms with van der Waals surface area (Å²) in [5.74, 6) is 2.65. The molecule has 6 nitrogen and oxygen atoms in total. The highest BCUT2D eigenvalue weighted by Gasteiger charge is 2.51. The molecule has 2 fully saturated rings. The van der Waals surface area contributed by atoms with Gasteiger partial charge in [-0.25, -0.2) is 0 Å². The van der Waals surface area contributed by atoms with Crippen LogP contribution in [0.3, 0.4) is 0 Å². The van der Waals surface area contributed by atoms with Crippen LogP contribution < -0.4 is 0 Å². The lowest BCUT2D eigenvalue weighted by Gasteiger charge is -2.41. The van der Waals surface area contributed by atoms with Crippen molar-refractivity contribution in [3.63, 3.8) is 0 Å². The maximum absolute atomic E-state index is 13.1. The average molecular weight is 385 g/mol. The topological polar surface area (TPSA) is 69.3 Å². The largest absolute Gasteiger partial charge is 0.338 e. The Labute approximate surface area is 162 Å². The second-order valence-corrected chi connectivity index (χ2v) is 7.90. The summed E-state index contributed by atoms with van der Waals surface area (Å²) in [4.78, 5) is 29.5. The summed E-state index contributed by atoms with van der Waals surface area (Å²) in [6, 6.07) is 3.44. The molecule has 2 amide bonds. The number of rotatable bonds is 3. The van der Waals surface area contributed by atoms with Crippen LogP contribution in [0.2, 0.25) is 5.02 Å². The summed E-state index contributed by atoms with van der Waals surface area (Å²) >= 11 is 6.44. The highest BCUT2D eigenvalue weighted by atomic mass is 35.5. The lowest BCUT2D eigenvalue weighted by atomic mass is 9.99. The third-order valence-corrected chi connectivity index (χ3v) is 6.12. The molecule has 140 valence electrons. The van der Waals surface area contributed by atoms with Gasteiger partial charge in [-0.15, -0.1) is 12.3 Å². The number of halogens is 1. The van der Waals surface area contributed by atoms with E-state index in [1.807, 2.05) is 17.9 Å². The molecule has 1 aliphatic heterocycles. The number of terminal acetylenes is 1. The van der Waals surface area contributed by atoms with Gasteiger partial charge < -0.3 is 9.80 Å². The van der Waals surface area contributed by atoms with Crippen LogP contribution in [-0.2, 0) is 4.79 Å². The second-order valence-electron chi connectivity index (χ2n) is 7.52. The molecule has 27 heavy (non-hydrogen) atoms. The van der Waals surface area contributed by atoms with Crippen LogP contribution in [-0.4, -0.2) is 57.5 Å². The smallest absolute Gasteiger partial charge is 0.255 e. The maximum Gasteiger partial charge on any atom is 0.255 e. The molecule has 1 atom stereocenters. The van der Waals surface area contributed by atoms with E-state index in [1.54, 1.807) is 17.2 Å². The fraction of sp³-hybridized carbons (Fsp3) is 0.450. The van der Waals surface area contributed by atoms with Crippen molar-refractivity contribution in [3.05, 3.63) is 28.9 Å². The fourth-order valence-corrected chi connectivity index (χ4v) is 4.19. The quantitative estimate of drug-likeness (QED) is 0.827. The van der Waals surface area contributed by atoms with Crippen LogP contribution in [0.25, 0.3) is 10.9 Å². The molecule has 0 radical (unpaired) electrons. The molecule has 7 heteroatoms. The van der Waals surface area contributed by atoms with Gasteiger partial charge in [-0.05, 0) is 31.9 Å². The summed E-state index contributed by atoms with van der Waals surface area (Å²) in [5, 5.41) is 7.95. The molecule has 1 aliphatic carbocycles. The van der Waals surface area contributed by atoms with Gasteiger partial charge in [0, 0.05) is 37.5 Å². The molecule has 2 heterocycles. The van der Waals surface area contributed by atoms with Crippen molar-refractivity contribution in [2.45, 2.75) is 32.2 Å². The Balaban J connectivity index is 1.49. The first-order valence-electron chi connectivity index (χ1n) is 9.12. The third kappa shape index (κ3) is 2.96. The van der Waals surface area contributed by atoms with E-state index in [9.17, 15) is 9.59 Å². The van der Waals surface area contributed by atoms with Gasteiger partial charge in [0.25, 0.3) is 5.91 Å². The van der Waals surface area contributed by atoms with E-state index in [2.05, 4.69) is 16.1 Å². The van der Waals surface area contributed by atoms with Crippen molar-refractivity contribution in [1.82, 2.24) is 20.0 Å². The summed E-state index contributed by atoms with van der Waals surface area (Å²) in [6.45, 7) is 3.48. The molecule has 0 bridgehead atoms. The lowest BCUT2D eigenvalue weighted by Crippen LogP contribution is -2.56. The number of H-pyrrole nitrogens is 1. The SMILES string of the molecule is C#CCC1(C(=O)N2CCN(C(=O)c3ccc4[nH]ncc4c3Cl)[C@@H](C)C2)CC1. The number of aromatic nitrogens is 2. The Morgan fingerprint density at radius 1 is 1.41 bits per heavy atom. The van der Waals surface area contributed by atoms with E-state index in [-0.39, 0.29) is 23.3 Å². The van der Waals surface area contributed by atoms with E-state index in [4.69, 9.17) is 18.0 Å². The molecule has 2 aliphatic rings. The summed E-state index contributed by atoms with van der Waals surface area (Å²) in [6.07, 6.45) is 9.28. The monoisotopic (exact) mass is 384 g/mol. The van der Waals surface area contributed by atoms with Gasteiger partial charge in [0.05, 0.1) is 27.7 Å². The highest BCUT2D eigenvalue weighted by molar-refractivity contribution is 6.38. The second kappa shape index (κ2) is 6.58. The molecule has 0 spiro atoms. The predicted octanol–water partition coefficient (Wildman–Crippen LogP) is 2.69. The van der Waals surface area contributed by atoms with Crippen molar-refractivity contribution < 1.29 is 9.59 Å². The van der Waals surface area contributed by atoms with E-state index >= 15 is 0 Å². The van der Waals surface area contributed by atoms with Crippen LogP contribution >= 0.6 is 11.6 Å². The standard InChI is InChI=1S/C20H21ClN4O2/c1-3-6-20(7-8-20)19(27)24-9-10-25(13(2)12-24)18(26)14-4-5-16-15(17(14)21)11-22-23-16/h1,4-5,11,13H,6-10,12H2,2H3,(H,22,23)/t13-/m0/s1. The van der Waals surface area contributed by atoms with Gasteiger partial charge in [-0.2, -0.15) is 5.10 Å². The summed E-state index contributed by atoms with van der Waals surface area (Å²) in [7, 11) is 0. The number of benzene rings is 1. The van der Waals surface area contributed by atoms with Crippen LogP contribution in [0.4, 0.5) is 0 Å². The van der Waals surface area contributed by atoms with Gasteiger partial charge in [-0.1, -0.05) is 11.6 Å². The van der Waals surface area contributed by atoms with Crippen LogP contribution in [0.5, 0.6) is 0 Å². The van der Waals surface area contributed by atoms with Gasteiger partial charge in [0.15, 0.2) is 0 Å². The molecule has 1 aromatic carbocycles. The van der Waals surface area contributed by atoms with E-state index in [1.165, 1.54) is 0 Å². The number of carbonyl (C=O) groups excluding carboxylic acids is 2. The average Bonchev–Trinajstić information content (AvgIpc) is 3.27. The number of carbonyl (C=O) groups is 2. The van der Waals surface area contributed by atoms with E-state index in [0.717, 1.165) is 23.7 Å². The predicted molar refractivity (Wildman–Crippen MR) is 103 cm³/mol.